The number of hydrogen-bond donors (Lipinski definition) is 1. The summed E-state index contributed by atoms with van der Waals surface area (Å²) in [5.74, 6) is 0.164. The Morgan fingerprint density at radius 1 is 0.972 bits per heavy atom. The zero-order valence-corrected chi connectivity index (χ0v) is 22.3. The molecule has 4 rings (SSSR count). The van der Waals surface area contributed by atoms with E-state index in [9.17, 15) is 9.90 Å². The largest absolute Gasteiger partial charge is 0.385 e. The second-order valence-corrected chi connectivity index (χ2v) is 10.6. The molecular weight excluding hydrogens is 491 g/mol. The Bertz CT molecular complexity index is 1130. The number of carbonyl (C=O) groups is 1. The third-order valence-electron chi connectivity index (χ3n) is 7.31. The standard InChI is InChI=1S/C30H34Cl2N2O2/c1-23(35)34(21-24-8-4-2-5-9-24)22-26(25-12-13-28(31)29(32)20-25)14-17-33-18-15-30(36,16-19-33)27-10-6-3-7-11-27/h2-13,20,26,36H,14-19,21-22H2,1H3. The van der Waals surface area contributed by atoms with E-state index < -0.39 is 5.60 Å². The quantitative estimate of drug-likeness (QED) is 0.347. The van der Waals surface area contributed by atoms with Gasteiger partial charge in [-0.05, 0) is 54.6 Å². The molecule has 190 valence electrons. The van der Waals surface area contributed by atoms with Gasteiger partial charge in [-0.25, -0.2) is 0 Å². The summed E-state index contributed by atoms with van der Waals surface area (Å²) < 4.78 is 0. The summed E-state index contributed by atoms with van der Waals surface area (Å²) in [5, 5.41) is 12.3. The van der Waals surface area contributed by atoms with Gasteiger partial charge in [0.25, 0.3) is 0 Å². The third kappa shape index (κ3) is 6.89. The lowest BCUT2D eigenvalue weighted by atomic mass is 9.84. The molecule has 1 atom stereocenters. The monoisotopic (exact) mass is 524 g/mol. The van der Waals surface area contributed by atoms with Gasteiger partial charge in [0.05, 0.1) is 15.6 Å². The number of aliphatic hydroxyl groups is 1. The minimum atomic E-state index is -0.762. The Morgan fingerprint density at radius 3 is 2.22 bits per heavy atom. The normalized spacial score (nSPS) is 16.4. The Balaban J connectivity index is 1.44. The SMILES string of the molecule is CC(=O)N(Cc1ccccc1)CC(CCN1CCC(O)(c2ccccc2)CC1)c1ccc(Cl)c(Cl)c1. The zero-order chi connectivity index (χ0) is 25.5. The molecule has 3 aromatic carbocycles. The van der Waals surface area contributed by atoms with Gasteiger partial charge in [0.1, 0.15) is 0 Å². The fourth-order valence-electron chi connectivity index (χ4n) is 5.03. The maximum Gasteiger partial charge on any atom is 0.219 e. The number of benzene rings is 3. The lowest BCUT2D eigenvalue weighted by Gasteiger charge is -2.39. The molecule has 6 heteroatoms. The highest BCUT2D eigenvalue weighted by atomic mass is 35.5. The van der Waals surface area contributed by atoms with Crippen LogP contribution in [-0.4, -0.2) is 47.0 Å². The fraction of sp³-hybridized carbons (Fsp3) is 0.367. The summed E-state index contributed by atoms with van der Waals surface area (Å²) >= 11 is 12.6. The number of likely N-dealkylation sites (tertiary alicyclic amines) is 1. The van der Waals surface area contributed by atoms with Crippen LogP contribution in [0.15, 0.2) is 78.9 Å². The zero-order valence-electron chi connectivity index (χ0n) is 20.7. The van der Waals surface area contributed by atoms with Crippen molar-refractivity contribution in [2.45, 2.75) is 44.2 Å². The number of amides is 1. The Labute approximate surface area is 224 Å². The Kier molecular flexibility index (Phi) is 9.08. The predicted octanol–water partition coefficient (Wildman–Crippen LogP) is 6.50. The van der Waals surface area contributed by atoms with Crippen molar-refractivity contribution < 1.29 is 9.90 Å². The molecule has 1 aliphatic heterocycles. The molecule has 1 heterocycles. The van der Waals surface area contributed by atoms with Crippen molar-refractivity contribution in [1.82, 2.24) is 9.80 Å². The molecule has 3 aromatic rings. The van der Waals surface area contributed by atoms with Crippen LogP contribution in [0.5, 0.6) is 0 Å². The molecule has 0 bridgehead atoms. The highest BCUT2D eigenvalue weighted by molar-refractivity contribution is 6.42. The van der Waals surface area contributed by atoms with Crippen LogP contribution in [0.4, 0.5) is 0 Å². The first-order chi connectivity index (χ1) is 17.3. The number of piperidine rings is 1. The summed E-state index contributed by atoms with van der Waals surface area (Å²) in [6, 6.07) is 25.8. The molecule has 0 saturated carbocycles. The molecule has 1 unspecified atom stereocenters. The van der Waals surface area contributed by atoms with E-state index in [1.165, 1.54) is 0 Å². The van der Waals surface area contributed by atoms with Gasteiger partial charge >= 0.3 is 0 Å². The van der Waals surface area contributed by atoms with Crippen molar-refractivity contribution in [3.05, 3.63) is 106 Å². The summed E-state index contributed by atoms with van der Waals surface area (Å²) in [6.45, 7) is 5.35. The van der Waals surface area contributed by atoms with Gasteiger partial charge in [-0.15, -0.1) is 0 Å². The van der Waals surface area contributed by atoms with Gasteiger partial charge in [-0.1, -0.05) is 89.9 Å². The van der Waals surface area contributed by atoms with Crippen LogP contribution in [-0.2, 0) is 16.9 Å². The molecule has 1 amide bonds. The lowest BCUT2D eigenvalue weighted by Crippen LogP contribution is -2.43. The molecule has 0 aliphatic carbocycles. The van der Waals surface area contributed by atoms with Crippen LogP contribution in [0.3, 0.4) is 0 Å². The molecule has 0 aromatic heterocycles. The van der Waals surface area contributed by atoms with E-state index >= 15 is 0 Å². The maximum atomic E-state index is 12.6. The van der Waals surface area contributed by atoms with Gasteiger partial charge in [-0.2, -0.15) is 0 Å². The highest BCUT2D eigenvalue weighted by Crippen LogP contribution is 2.34. The van der Waals surface area contributed by atoms with Crippen LogP contribution in [0.2, 0.25) is 10.0 Å². The fourth-order valence-corrected chi connectivity index (χ4v) is 5.33. The number of nitrogens with zero attached hydrogens (tertiary/aromatic N) is 2. The third-order valence-corrected chi connectivity index (χ3v) is 8.04. The molecule has 36 heavy (non-hydrogen) atoms. The number of rotatable bonds is 9. The molecule has 1 saturated heterocycles. The van der Waals surface area contributed by atoms with Crippen molar-refractivity contribution in [1.29, 1.82) is 0 Å². The van der Waals surface area contributed by atoms with Crippen LogP contribution in [0.25, 0.3) is 0 Å². The lowest BCUT2D eigenvalue weighted by molar-refractivity contribution is -0.129. The molecule has 4 nitrogen and oxygen atoms in total. The van der Waals surface area contributed by atoms with Crippen molar-refractivity contribution >= 4 is 29.1 Å². The van der Waals surface area contributed by atoms with Gasteiger partial charge in [-0.3, -0.25) is 4.79 Å². The summed E-state index contributed by atoms with van der Waals surface area (Å²) in [7, 11) is 0. The summed E-state index contributed by atoms with van der Waals surface area (Å²) in [4.78, 5) is 16.9. The Morgan fingerprint density at radius 2 is 1.61 bits per heavy atom. The van der Waals surface area contributed by atoms with E-state index in [1.807, 2.05) is 83.8 Å². The highest BCUT2D eigenvalue weighted by Gasteiger charge is 2.34. The molecule has 1 N–H and O–H groups in total. The van der Waals surface area contributed by atoms with E-state index in [-0.39, 0.29) is 11.8 Å². The predicted molar refractivity (Wildman–Crippen MR) is 147 cm³/mol. The smallest absolute Gasteiger partial charge is 0.219 e. The molecule has 1 aliphatic rings. The van der Waals surface area contributed by atoms with E-state index in [2.05, 4.69) is 4.90 Å². The number of halogens is 2. The second-order valence-electron chi connectivity index (χ2n) is 9.78. The summed E-state index contributed by atoms with van der Waals surface area (Å²) in [6.07, 6.45) is 2.30. The van der Waals surface area contributed by atoms with E-state index in [0.29, 0.717) is 36.0 Å². The van der Waals surface area contributed by atoms with E-state index in [1.54, 1.807) is 6.92 Å². The minimum Gasteiger partial charge on any atom is -0.385 e. The molecular formula is C30H34Cl2N2O2. The van der Waals surface area contributed by atoms with Crippen molar-refractivity contribution in [2.24, 2.45) is 0 Å². The summed E-state index contributed by atoms with van der Waals surface area (Å²) in [5.41, 5.74) is 2.43. The number of carbonyl (C=O) groups excluding carboxylic acids is 1. The van der Waals surface area contributed by atoms with Crippen molar-refractivity contribution in [3.63, 3.8) is 0 Å². The van der Waals surface area contributed by atoms with Crippen LogP contribution < -0.4 is 0 Å². The Hall–Kier alpha value is -2.37. The first-order valence-corrected chi connectivity index (χ1v) is 13.3. The first-order valence-electron chi connectivity index (χ1n) is 12.6. The van der Waals surface area contributed by atoms with E-state index in [4.69, 9.17) is 23.2 Å². The van der Waals surface area contributed by atoms with Gasteiger partial charge in [0.15, 0.2) is 0 Å². The maximum absolute atomic E-state index is 12.6. The second kappa shape index (κ2) is 12.2. The molecule has 0 radical (unpaired) electrons. The van der Waals surface area contributed by atoms with Gasteiger partial charge in [0.2, 0.25) is 5.91 Å². The van der Waals surface area contributed by atoms with Crippen molar-refractivity contribution in [2.75, 3.05) is 26.2 Å². The molecule has 0 spiro atoms. The van der Waals surface area contributed by atoms with Gasteiger partial charge < -0.3 is 14.9 Å². The first kappa shape index (κ1) is 26.7. The average Bonchev–Trinajstić information content (AvgIpc) is 2.89. The van der Waals surface area contributed by atoms with Crippen LogP contribution >= 0.6 is 23.2 Å². The van der Waals surface area contributed by atoms with E-state index in [0.717, 1.165) is 42.7 Å². The van der Waals surface area contributed by atoms with Crippen LogP contribution in [0.1, 0.15) is 48.8 Å². The average molecular weight is 526 g/mol. The van der Waals surface area contributed by atoms with Gasteiger partial charge in [0, 0.05) is 39.0 Å². The number of hydrogen-bond acceptors (Lipinski definition) is 3. The topological polar surface area (TPSA) is 43.8 Å². The molecule has 1 fully saturated rings. The minimum absolute atomic E-state index is 0.0508. The van der Waals surface area contributed by atoms with Crippen molar-refractivity contribution in [3.8, 4) is 0 Å². The van der Waals surface area contributed by atoms with Crippen LogP contribution in [0, 0.1) is 0 Å².